The molecule has 0 heterocycles. The van der Waals surface area contributed by atoms with Gasteiger partial charge < -0.3 is 10.8 Å². The van der Waals surface area contributed by atoms with Gasteiger partial charge in [0.2, 0.25) is 10.0 Å². The Labute approximate surface area is 113 Å². The molecule has 0 amide bonds. The first-order valence-corrected chi connectivity index (χ1v) is 7.97. The van der Waals surface area contributed by atoms with Crippen LogP contribution in [0.25, 0.3) is 0 Å². The van der Waals surface area contributed by atoms with Gasteiger partial charge in [0, 0.05) is 6.04 Å². The van der Waals surface area contributed by atoms with Crippen LogP contribution >= 0.6 is 0 Å². The number of aromatic hydroxyl groups is 1. The van der Waals surface area contributed by atoms with Gasteiger partial charge in [-0.2, -0.15) is 0 Å². The van der Waals surface area contributed by atoms with Gasteiger partial charge in [0.05, 0.1) is 10.6 Å². The lowest BCUT2D eigenvalue weighted by Crippen LogP contribution is -2.37. The first-order valence-electron chi connectivity index (χ1n) is 6.49. The molecule has 0 aliphatic heterocycles. The van der Waals surface area contributed by atoms with Gasteiger partial charge in [0.15, 0.2) is 0 Å². The second-order valence-electron chi connectivity index (χ2n) is 5.31. The maximum Gasteiger partial charge on any atom is 0.240 e. The van der Waals surface area contributed by atoms with Gasteiger partial charge in [-0.25, -0.2) is 13.1 Å². The predicted octanol–water partition coefficient (Wildman–Crippen LogP) is 1.83. The molecule has 2 rings (SSSR count). The van der Waals surface area contributed by atoms with Crippen molar-refractivity contribution in [1.29, 1.82) is 0 Å². The van der Waals surface area contributed by atoms with Crippen LogP contribution in [0.3, 0.4) is 0 Å². The van der Waals surface area contributed by atoms with Crippen LogP contribution in [0.2, 0.25) is 0 Å². The number of nitrogens with two attached hydrogens (primary N) is 1. The number of nitrogen functional groups attached to an aromatic ring is 1. The van der Waals surface area contributed by atoms with Crippen molar-refractivity contribution in [2.24, 2.45) is 5.92 Å². The number of phenols is 1. The second-order valence-corrected chi connectivity index (χ2v) is 7.02. The predicted molar refractivity (Wildman–Crippen MR) is 74.3 cm³/mol. The highest BCUT2D eigenvalue weighted by molar-refractivity contribution is 7.89. The van der Waals surface area contributed by atoms with Crippen molar-refractivity contribution in [3.8, 4) is 5.75 Å². The lowest BCUT2D eigenvalue weighted by molar-refractivity contribution is 0.327. The summed E-state index contributed by atoms with van der Waals surface area (Å²) in [6, 6.07) is 3.93. The summed E-state index contributed by atoms with van der Waals surface area (Å²) in [5, 5.41) is 9.33. The van der Waals surface area contributed by atoms with Gasteiger partial charge in [-0.05, 0) is 37.0 Å². The van der Waals surface area contributed by atoms with Gasteiger partial charge in [-0.15, -0.1) is 0 Å². The molecule has 6 heteroatoms. The second kappa shape index (κ2) is 5.38. The molecule has 1 aliphatic carbocycles. The van der Waals surface area contributed by atoms with E-state index in [2.05, 4.69) is 11.6 Å². The third-order valence-corrected chi connectivity index (χ3v) is 5.09. The molecule has 19 heavy (non-hydrogen) atoms. The van der Waals surface area contributed by atoms with E-state index < -0.39 is 10.0 Å². The number of hydrogen-bond donors (Lipinski definition) is 3. The molecule has 0 spiro atoms. The van der Waals surface area contributed by atoms with Crippen molar-refractivity contribution in [1.82, 2.24) is 4.72 Å². The average molecular weight is 284 g/mol. The van der Waals surface area contributed by atoms with Gasteiger partial charge in [0.1, 0.15) is 5.75 Å². The van der Waals surface area contributed by atoms with E-state index in [0.717, 1.165) is 25.7 Å². The molecule has 0 saturated heterocycles. The highest BCUT2D eigenvalue weighted by Gasteiger charge is 2.24. The zero-order valence-corrected chi connectivity index (χ0v) is 11.8. The third-order valence-electron chi connectivity index (χ3n) is 3.57. The molecular weight excluding hydrogens is 264 g/mol. The van der Waals surface area contributed by atoms with Gasteiger partial charge in [-0.3, -0.25) is 0 Å². The molecule has 1 aromatic carbocycles. The number of benzene rings is 1. The van der Waals surface area contributed by atoms with E-state index in [1.165, 1.54) is 18.2 Å². The zero-order valence-electron chi connectivity index (χ0n) is 11.0. The fourth-order valence-electron chi connectivity index (χ4n) is 2.53. The molecule has 5 nitrogen and oxygen atoms in total. The van der Waals surface area contributed by atoms with E-state index in [1.54, 1.807) is 0 Å². The standard InChI is InChI=1S/C13H20N2O3S/c1-9-3-2-4-10(7-9)15-19(17,18)11-5-6-13(16)12(14)8-11/h5-6,8-10,15-16H,2-4,7,14H2,1H3. The number of anilines is 1. The lowest BCUT2D eigenvalue weighted by Gasteiger charge is -2.27. The lowest BCUT2D eigenvalue weighted by atomic mass is 9.88. The van der Waals surface area contributed by atoms with E-state index >= 15 is 0 Å². The molecule has 1 saturated carbocycles. The molecule has 0 aromatic heterocycles. The summed E-state index contributed by atoms with van der Waals surface area (Å²) in [6.45, 7) is 2.14. The quantitative estimate of drug-likeness (QED) is 0.583. The van der Waals surface area contributed by atoms with Gasteiger partial charge in [0.25, 0.3) is 0 Å². The summed E-state index contributed by atoms with van der Waals surface area (Å²) in [5.74, 6) is 0.441. The Morgan fingerprint density at radius 3 is 2.74 bits per heavy atom. The van der Waals surface area contributed by atoms with Gasteiger partial charge >= 0.3 is 0 Å². The largest absolute Gasteiger partial charge is 0.506 e. The van der Waals surface area contributed by atoms with Crippen molar-refractivity contribution >= 4 is 15.7 Å². The molecule has 0 bridgehead atoms. The van der Waals surface area contributed by atoms with Crippen molar-refractivity contribution in [2.75, 3.05) is 5.73 Å². The van der Waals surface area contributed by atoms with Crippen LogP contribution in [0.5, 0.6) is 5.75 Å². The van der Waals surface area contributed by atoms with E-state index in [-0.39, 0.29) is 22.4 Å². The van der Waals surface area contributed by atoms with E-state index in [0.29, 0.717) is 5.92 Å². The minimum absolute atomic E-state index is 0.0104. The fourth-order valence-corrected chi connectivity index (χ4v) is 3.85. The topological polar surface area (TPSA) is 92.4 Å². The van der Waals surface area contributed by atoms with Crippen LogP contribution in [0.1, 0.15) is 32.6 Å². The van der Waals surface area contributed by atoms with Crippen LogP contribution in [0.15, 0.2) is 23.1 Å². The highest BCUT2D eigenvalue weighted by Crippen LogP contribution is 2.26. The van der Waals surface area contributed by atoms with E-state index in [1.807, 2.05) is 0 Å². The number of hydrogen-bond acceptors (Lipinski definition) is 4. The first kappa shape index (κ1) is 14.1. The monoisotopic (exact) mass is 284 g/mol. The van der Waals surface area contributed by atoms with Gasteiger partial charge in [-0.1, -0.05) is 19.8 Å². The Morgan fingerprint density at radius 2 is 2.11 bits per heavy atom. The number of phenolic OH excluding ortho intramolecular Hbond substituents is 1. The molecule has 1 aromatic rings. The fraction of sp³-hybridized carbons (Fsp3) is 0.538. The summed E-state index contributed by atoms with van der Waals surface area (Å²) in [4.78, 5) is 0.0982. The smallest absolute Gasteiger partial charge is 0.240 e. The molecule has 4 N–H and O–H groups in total. The number of sulfonamides is 1. The molecular formula is C13H20N2O3S. The Morgan fingerprint density at radius 1 is 1.37 bits per heavy atom. The minimum Gasteiger partial charge on any atom is -0.506 e. The molecule has 2 unspecified atom stereocenters. The summed E-state index contributed by atoms with van der Waals surface area (Å²) in [5.41, 5.74) is 5.60. The summed E-state index contributed by atoms with van der Waals surface area (Å²) >= 11 is 0. The Bertz CT molecular complexity index is 557. The molecule has 1 fully saturated rings. The summed E-state index contributed by atoms with van der Waals surface area (Å²) in [7, 11) is -3.56. The number of rotatable bonds is 3. The molecule has 1 aliphatic rings. The van der Waals surface area contributed by atoms with Crippen LogP contribution in [0, 0.1) is 5.92 Å². The van der Waals surface area contributed by atoms with Crippen LogP contribution in [-0.4, -0.2) is 19.6 Å². The Balaban J connectivity index is 2.15. The maximum atomic E-state index is 12.2. The number of nitrogens with one attached hydrogen (secondary N) is 1. The van der Waals surface area contributed by atoms with Crippen molar-refractivity contribution in [3.63, 3.8) is 0 Å². The molecule has 106 valence electrons. The van der Waals surface area contributed by atoms with Crippen molar-refractivity contribution in [3.05, 3.63) is 18.2 Å². The minimum atomic E-state index is -3.56. The van der Waals surface area contributed by atoms with E-state index in [4.69, 9.17) is 5.73 Å². The first-order chi connectivity index (χ1) is 8.88. The maximum absolute atomic E-state index is 12.2. The van der Waals surface area contributed by atoms with E-state index in [9.17, 15) is 13.5 Å². The van der Waals surface area contributed by atoms with Crippen LogP contribution < -0.4 is 10.5 Å². The normalized spacial score (nSPS) is 24.3. The van der Waals surface area contributed by atoms with Crippen LogP contribution in [0.4, 0.5) is 5.69 Å². The average Bonchev–Trinajstić information content (AvgIpc) is 2.32. The van der Waals surface area contributed by atoms with Crippen molar-refractivity contribution < 1.29 is 13.5 Å². The van der Waals surface area contributed by atoms with Crippen molar-refractivity contribution in [2.45, 2.75) is 43.5 Å². The molecule has 0 radical (unpaired) electrons. The Kier molecular flexibility index (Phi) is 4.01. The zero-order chi connectivity index (χ0) is 14.0. The summed E-state index contributed by atoms with van der Waals surface area (Å²) in [6.07, 6.45) is 3.94. The van der Waals surface area contributed by atoms with Crippen LogP contribution in [-0.2, 0) is 10.0 Å². The Hall–Kier alpha value is -1.27. The highest BCUT2D eigenvalue weighted by atomic mass is 32.2. The SMILES string of the molecule is CC1CCCC(NS(=O)(=O)c2ccc(O)c(N)c2)C1. The molecule has 2 atom stereocenters. The third kappa shape index (κ3) is 3.39. The summed E-state index contributed by atoms with van der Waals surface area (Å²) < 4.78 is 27.2.